The minimum absolute atomic E-state index is 0.0137. The van der Waals surface area contributed by atoms with Gasteiger partial charge in [0, 0.05) is 13.1 Å². The molecule has 0 radical (unpaired) electrons. The standard InChI is InChI=1S/C20H26N6O4/c1-3-29-17-11-15(12-21-24-20-22-19(28)14(2)23-25-20)7-8-16(17)30-13-18(27)26-9-5-4-6-10-26/h7-8,11-12H,3-6,9-10,13H2,1-2H3,(H2,22,24,25,28)/b21-12-. The Morgan fingerprint density at radius 3 is 2.77 bits per heavy atom. The van der Waals surface area contributed by atoms with Crippen LogP contribution in [0.4, 0.5) is 5.95 Å². The molecule has 1 aliphatic rings. The molecule has 0 atom stereocenters. The summed E-state index contributed by atoms with van der Waals surface area (Å²) in [6.45, 7) is 5.46. The first-order valence-electron chi connectivity index (χ1n) is 9.97. The number of amides is 1. The molecule has 0 saturated carbocycles. The molecule has 1 aromatic heterocycles. The Kier molecular flexibility index (Phi) is 7.36. The molecule has 1 fully saturated rings. The van der Waals surface area contributed by atoms with Crippen molar-refractivity contribution in [3.05, 3.63) is 39.8 Å². The molecule has 0 unspecified atom stereocenters. The van der Waals surface area contributed by atoms with Gasteiger partial charge in [0.05, 0.1) is 12.8 Å². The van der Waals surface area contributed by atoms with Crippen molar-refractivity contribution in [1.82, 2.24) is 20.1 Å². The Balaban J connectivity index is 1.62. The normalized spacial score (nSPS) is 14.0. The summed E-state index contributed by atoms with van der Waals surface area (Å²) >= 11 is 0. The number of benzene rings is 1. The number of likely N-dealkylation sites (tertiary alicyclic amines) is 1. The predicted molar refractivity (Wildman–Crippen MR) is 112 cm³/mol. The second-order valence-electron chi connectivity index (χ2n) is 6.83. The highest BCUT2D eigenvalue weighted by Gasteiger charge is 2.17. The second-order valence-corrected chi connectivity index (χ2v) is 6.83. The number of ether oxygens (including phenoxy) is 2. The van der Waals surface area contributed by atoms with Crippen LogP contribution in [0.2, 0.25) is 0 Å². The molecule has 160 valence electrons. The number of nitrogens with zero attached hydrogens (tertiary/aromatic N) is 4. The van der Waals surface area contributed by atoms with Crippen LogP contribution in [-0.4, -0.2) is 58.5 Å². The monoisotopic (exact) mass is 414 g/mol. The molecule has 0 bridgehead atoms. The van der Waals surface area contributed by atoms with E-state index in [-0.39, 0.29) is 29.7 Å². The highest BCUT2D eigenvalue weighted by molar-refractivity contribution is 5.81. The summed E-state index contributed by atoms with van der Waals surface area (Å²) in [6, 6.07) is 5.29. The number of aryl methyl sites for hydroxylation is 1. The van der Waals surface area contributed by atoms with Gasteiger partial charge in [-0.05, 0) is 56.9 Å². The number of hydrazone groups is 1. The number of nitrogens with one attached hydrogen (secondary N) is 2. The Labute approximate surface area is 174 Å². The number of aromatic amines is 1. The van der Waals surface area contributed by atoms with Crippen LogP contribution in [0, 0.1) is 6.92 Å². The fourth-order valence-electron chi connectivity index (χ4n) is 2.98. The van der Waals surface area contributed by atoms with Gasteiger partial charge < -0.3 is 14.4 Å². The van der Waals surface area contributed by atoms with Gasteiger partial charge in [0.1, 0.15) is 5.69 Å². The first kappa shape index (κ1) is 21.3. The zero-order valence-electron chi connectivity index (χ0n) is 17.2. The maximum Gasteiger partial charge on any atom is 0.274 e. The third-order valence-corrected chi connectivity index (χ3v) is 4.57. The van der Waals surface area contributed by atoms with E-state index in [2.05, 4.69) is 25.7 Å². The van der Waals surface area contributed by atoms with Crippen molar-refractivity contribution in [2.75, 3.05) is 31.7 Å². The van der Waals surface area contributed by atoms with E-state index >= 15 is 0 Å². The molecule has 1 aliphatic heterocycles. The van der Waals surface area contributed by atoms with E-state index < -0.39 is 0 Å². The minimum Gasteiger partial charge on any atom is -0.490 e. The summed E-state index contributed by atoms with van der Waals surface area (Å²) in [5.74, 6) is 1.15. The number of aromatic nitrogens is 3. The zero-order chi connectivity index (χ0) is 21.3. The summed E-state index contributed by atoms with van der Waals surface area (Å²) in [5, 5.41) is 11.6. The number of anilines is 1. The van der Waals surface area contributed by atoms with Gasteiger partial charge in [-0.2, -0.15) is 5.10 Å². The maximum absolute atomic E-state index is 12.3. The second kappa shape index (κ2) is 10.4. The average molecular weight is 414 g/mol. The molecule has 10 nitrogen and oxygen atoms in total. The van der Waals surface area contributed by atoms with Gasteiger partial charge in [-0.3, -0.25) is 14.6 Å². The van der Waals surface area contributed by atoms with Gasteiger partial charge in [-0.25, -0.2) is 5.43 Å². The minimum atomic E-state index is -0.332. The fraction of sp³-hybridized carbons (Fsp3) is 0.450. The molecular weight excluding hydrogens is 388 g/mol. The van der Waals surface area contributed by atoms with E-state index in [9.17, 15) is 9.59 Å². The van der Waals surface area contributed by atoms with E-state index in [1.54, 1.807) is 31.3 Å². The molecule has 10 heteroatoms. The summed E-state index contributed by atoms with van der Waals surface area (Å²) in [6.07, 6.45) is 4.80. The third kappa shape index (κ3) is 5.79. The largest absolute Gasteiger partial charge is 0.490 e. The predicted octanol–water partition coefficient (Wildman–Crippen LogP) is 1.71. The van der Waals surface area contributed by atoms with Crippen LogP contribution in [0.15, 0.2) is 28.1 Å². The van der Waals surface area contributed by atoms with Gasteiger partial charge in [0.2, 0.25) is 5.95 Å². The van der Waals surface area contributed by atoms with Crippen LogP contribution < -0.4 is 20.5 Å². The van der Waals surface area contributed by atoms with Crippen molar-refractivity contribution in [2.24, 2.45) is 5.10 Å². The zero-order valence-corrected chi connectivity index (χ0v) is 17.2. The average Bonchev–Trinajstić information content (AvgIpc) is 2.76. The van der Waals surface area contributed by atoms with Crippen molar-refractivity contribution < 1.29 is 14.3 Å². The van der Waals surface area contributed by atoms with Crippen molar-refractivity contribution in [3.8, 4) is 11.5 Å². The summed E-state index contributed by atoms with van der Waals surface area (Å²) < 4.78 is 11.4. The molecule has 2 N–H and O–H groups in total. The molecular formula is C20H26N6O4. The van der Waals surface area contributed by atoms with Crippen molar-refractivity contribution in [3.63, 3.8) is 0 Å². The first-order chi connectivity index (χ1) is 14.6. The molecule has 1 aromatic carbocycles. The smallest absolute Gasteiger partial charge is 0.274 e. The lowest BCUT2D eigenvalue weighted by Gasteiger charge is -2.26. The van der Waals surface area contributed by atoms with Crippen LogP contribution in [0.5, 0.6) is 11.5 Å². The third-order valence-electron chi connectivity index (χ3n) is 4.57. The van der Waals surface area contributed by atoms with Crippen molar-refractivity contribution >= 4 is 18.1 Å². The molecule has 2 aromatic rings. The van der Waals surface area contributed by atoms with Gasteiger partial charge in [-0.1, -0.05) is 0 Å². The highest BCUT2D eigenvalue weighted by Crippen LogP contribution is 2.28. The van der Waals surface area contributed by atoms with E-state index in [1.165, 1.54) is 6.42 Å². The van der Waals surface area contributed by atoms with Crippen LogP contribution in [0.1, 0.15) is 37.4 Å². The fourth-order valence-corrected chi connectivity index (χ4v) is 2.98. The molecule has 30 heavy (non-hydrogen) atoms. The van der Waals surface area contributed by atoms with Crippen molar-refractivity contribution in [2.45, 2.75) is 33.1 Å². The van der Waals surface area contributed by atoms with E-state index in [4.69, 9.17) is 9.47 Å². The number of carbonyl (C=O) groups excluding carboxylic acids is 1. The Bertz CT molecular complexity index is 953. The molecule has 0 spiro atoms. The van der Waals surface area contributed by atoms with Gasteiger partial charge in [0.25, 0.3) is 11.5 Å². The molecule has 1 saturated heterocycles. The van der Waals surface area contributed by atoms with Gasteiger partial charge in [0.15, 0.2) is 18.1 Å². The number of rotatable bonds is 8. The van der Waals surface area contributed by atoms with E-state index in [1.807, 2.05) is 11.8 Å². The van der Waals surface area contributed by atoms with Crippen molar-refractivity contribution in [1.29, 1.82) is 0 Å². The number of piperidine rings is 1. The van der Waals surface area contributed by atoms with Crippen LogP contribution in [-0.2, 0) is 4.79 Å². The lowest BCUT2D eigenvalue weighted by molar-refractivity contribution is -0.134. The molecule has 3 rings (SSSR count). The number of H-pyrrole nitrogens is 1. The number of hydrogen-bond acceptors (Lipinski definition) is 8. The highest BCUT2D eigenvalue weighted by atomic mass is 16.5. The quantitative estimate of drug-likeness (QED) is 0.498. The molecule has 1 amide bonds. The van der Waals surface area contributed by atoms with Gasteiger partial charge in [-0.15, -0.1) is 10.2 Å². The van der Waals surface area contributed by atoms with E-state index in [0.717, 1.165) is 31.5 Å². The van der Waals surface area contributed by atoms with Crippen LogP contribution >= 0.6 is 0 Å². The summed E-state index contributed by atoms with van der Waals surface area (Å²) in [4.78, 5) is 28.2. The van der Waals surface area contributed by atoms with Gasteiger partial charge >= 0.3 is 0 Å². The topological polar surface area (TPSA) is 122 Å². The van der Waals surface area contributed by atoms with E-state index in [0.29, 0.717) is 18.1 Å². The SMILES string of the molecule is CCOc1cc(/C=N\Nc2nnc(C)c(=O)[nH]2)ccc1OCC(=O)N1CCCCC1. The maximum atomic E-state index is 12.3. The van der Waals surface area contributed by atoms with Crippen LogP contribution in [0.25, 0.3) is 0 Å². The Morgan fingerprint density at radius 2 is 2.03 bits per heavy atom. The lowest BCUT2D eigenvalue weighted by Crippen LogP contribution is -2.38. The van der Waals surface area contributed by atoms with Crippen LogP contribution in [0.3, 0.4) is 0 Å². The molecule has 0 aliphatic carbocycles. The lowest BCUT2D eigenvalue weighted by atomic mass is 10.1. The summed E-state index contributed by atoms with van der Waals surface area (Å²) in [5.41, 5.74) is 3.31. The summed E-state index contributed by atoms with van der Waals surface area (Å²) in [7, 11) is 0. The Morgan fingerprint density at radius 1 is 1.23 bits per heavy atom. The molecule has 2 heterocycles. The first-order valence-corrected chi connectivity index (χ1v) is 9.97. The number of carbonyl (C=O) groups is 1. The number of hydrogen-bond donors (Lipinski definition) is 2. The Hall–Kier alpha value is -3.43.